The van der Waals surface area contributed by atoms with E-state index in [9.17, 15) is 4.79 Å². The Kier molecular flexibility index (Phi) is 4.69. The second kappa shape index (κ2) is 7.65. The van der Waals surface area contributed by atoms with Gasteiger partial charge in [-0.05, 0) is 36.4 Å². The molecule has 5 rings (SSSR count). The first kappa shape index (κ1) is 18.4. The molecule has 0 saturated heterocycles. The van der Waals surface area contributed by atoms with Crippen LogP contribution in [0, 0.1) is 0 Å². The summed E-state index contributed by atoms with van der Waals surface area (Å²) in [5.41, 5.74) is 2.56. The molecule has 2 heterocycles. The fourth-order valence-electron chi connectivity index (χ4n) is 3.54. The van der Waals surface area contributed by atoms with E-state index in [0.29, 0.717) is 29.6 Å². The van der Waals surface area contributed by atoms with Gasteiger partial charge < -0.3 is 9.30 Å². The Morgan fingerprint density at radius 3 is 2.30 bits per heavy atom. The Bertz CT molecular complexity index is 1390. The van der Waals surface area contributed by atoms with E-state index in [2.05, 4.69) is 10.2 Å². The fraction of sp³-hybridized carbons (Fsp3) is 0.0870. The van der Waals surface area contributed by atoms with E-state index in [1.807, 2.05) is 71.3 Å². The molecule has 0 aliphatic rings. The van der Waals surface area contributed by atoms with Gasteiger partial charge in [0.15, 0.2) is 5.69 Å². The van der Waals surface area contributed by atoms with Gasteiger partial charge in [-0.1, -0.05) is 54.1 Å². The van der Waals surface area contributed by atoms with Gasteiger partial charge in [0.25, 0.3) is 5.56 Å². The third-order valence-electron chi connectivity index (χ3n) is 4.94. The molecule has 0 aliphatic heterocycles. The van der Waals surface area contributed by atoms with Gasteiger partial charge in [0.2, 0.25) is 5.78 Å². The van der Waals surface area contributed by atoms with Crippen LogP contribution in [-0.2, 0) is 6.54 Å². The van der Waals surface area contributed by atoms with Crippen molar-refractivity contribution in [2.24, 2.45) is 0 Å². The zero-order valence-corrected chi connectivity index (χ0v) is 16.7. The number of hydrogen-bond acceptors (Lipinski definition) is 4. The fourth-order valence-corrected chi connectivity index (χ4v) is 3.67. The van der Waals surface area contributed by atoms with Crippen LogP contribution < -0.4 is 10.3 Å². The molecule has 0 bridgehead atoms. The quantitative estimate of drug-likeness (QED) is 0.425. The Morgan fingerprint density at radius 2 is 1.53 bits per heavy atom. The highest BCUT2D eigenvalue weighted by Crippen LogP contribution is 2.20. The highest BCUT2D eigenvalue weighted by atomic mass is 35.5. The molecule has 0 N–H and O–H groups in total. The van der Waals surface area contributed by atoms with Crippen molar-refractivity contribution in [2.45, 2.75) is 6.54 Å². The minimum Gasteiger partial charge on any atom is -0.492 e. The molecule has 0 spiro atoms. The monoisotopic (exact) mass is 416 g/mol. The van der Waals surface area contributed by atoms with E-state index in [0.717, 1.165) is 22.3 Å². The van der Waals surface area contributed by atoms with Crippen LogP contribution >= 0.6 is 11.6 Å². The van der Waals surface area contributed by atoms with E-state index < -0.39 is 0 Å². The van der Waals surface area contributed by atoms with Crippen LogP contribution in [0.1, 0.15) is 0 Å². The first-order valence-corrected chi connectivity index (χ1v) is 9.90. The molecule has 0 unspecified atom stereocenters. The standard InChI is InChI=1S/C23H17ClN4O2/c24-17-10-12-18(13-11-17)30-15-14-27-19-8-4-5-9-20(19)28-22(29)21(25-26-23(27)28)16-6-2-1-3-7-16/h1-13H,14-15H2. The van der Waals surface area contributed by atoms with Gasteiger partial charge in [0.1, 0.15) is 12.4 Å². The van der Waals surface area contributed by atoms with Crippen molar-refractivity contribution in [3.05, 3.63) is 94.2 Å². The lowest BCUT2D eigenvalue weighted by Gasteiger charge is -2.08. The van der Waals surface area contributed by atoms with Gasteiger partial charge in [-0.25, -0.2) is 4.40 Å². The van der Waals surface area contributed by atoms with E-state index in [4.69, 9.17) is 16.3 Å². The van der Waals surface area contributed by atoms with Crippen LogP contribution in [0.3, 0.4) is 0 Å². The number of hydrogen-bond donors (Lipinski definition) is 0. The van der Waals surface area contributed by atoms with Gasteiger partial charge in [-0.15, -0.1) is 10.2 Å². The number of benzene rings is 3. The molecule has 0 amide bonds. The number of nitrogens with zero attached hydrogens (tertiary/aromatic N) is 4. The van der Waals surface area contributed by atoms with Crippen molar-refractivity contribution in [3.63, 3.8) is 0 Å². The first-order valence-electron chi connectivity index (χ1n) is 9.53. The summed E-state index contributed by atoms with van der Waals surface area (Å²) < 4.78 is 9.41. The summed E-state index contributed by atoms with van der Waals surface area (Å²) in [6.45, 7) is 0.921. The van der Waals surface area contributed by atoms with E-state index in [1.165, 1.54) is 0 Å². The van der Waals surface area contributed by atoms with Gasteiger partial charge in [0.05, 0.1) is 17.6 Å². The van der Waals surface area contributed by atoms with Gasteiger partial charge >= 0.3 is 0 Å². The lowest BCUT2D eigenvalue weighted by molar-refractivity contribution is 0.301. The second-order valence-corrected chi connectivity index (χ2v) is 7.23. The molecular weight excluding hydrogens is 400 g/mol. The maximum Gasteiger partial charge on any atom is 0.286 e. The maximum absolute atomic E-state index is 13.3. The van der Waals surface area contributed by atoms with Crippen LogP contribution in [0.4, 0.5) is 0 Å². The minimum absolute atomic E-state index is 0.195. The summed E-state index contributed by atoms with van der Waals surface area (Å²) in [5.74, 6) is 1.22. The van der Waals surface area contributed by atoms with Crippen molar-refractivity contribution < 1.29 is 4.74 Å². The third kappa shape index (κ3) is 3.21. The molecule has 5 aromatic rings. The van der Waals surface area contributed by atoms with Crippen molar-refractivity contribution in [2.75, 3.05) is 6.61 Å². The summed E-state index contributed by atoms with van der Waals surface area (Å²) in [6, 6.07) is 24.3. The molecule has 0 fully saturated rings. The van der Waals surface area contributed by atoms with E-state index >= 15 is 0 Å². The van der Waals surface area contributed by atoms with Crippen LogP contribution in [-0.4, -0.2) is 25.8 Å². The number of aromatic nitrogens is 4. The van der Waals surface area contributed by atoms with Crippen LogP contribution in [0.5, 0.6) is 5.75 Å². The van der Waals surface area contributed by atoms with Crippen LogP contribution in [0.2, 0.25) is 5.02 Å². The molecule has 148 valence electrons. The van der Waals surface area contributed by atoms with Crippen molar-refractivity contribution >= 4 is 28.4 Å². The Morgan fingerprint density at radius 1 is 0.833 bits per heavy atom. The summed E-state index contributed by atoms with van der Waals surface area (Å²) in [7, 11) is 0. The molecule has 7 heteroatoms. The van der Waals surface area contributed by atoms with E-state index in [1.54, 1.807) is 16.5 Å². The molecule has 0 saturated carbocycles. The van der Waals surface area contributed by atoms with Crippen LogP contribution in [0.25, 0.3) is 28.1 Å². The minimum atomic E-state index is -0.195. The second-order valence-electron chi connectivity index (χ2n) is 6.80. The summed E-state index contributed by atoms with van der Waals surface area (Å²) in [6.07, 6.45) is 0. The number of fused-ring (bicyclic) bond motifs is 3. The molecule has 0 atom stereocenters. The zero-order chi connectivity index (χ0) is 20.5. The van der Waals surface area contributed by atoms with Gasteiger partial charge in [0, 0.05) is 10.6 Å². The first-order chi connectivity index (χ1) is 14.7. The van der Waals surface area contributed by atoms with E-state index in [-0.39, 0.29) is 5.56 Å². The normalized spacial score (nSPS) is 11.2. The number of rotatable bonds is 5. The summed E-state index contributed by atoms with van der Waals surface area (Å²) in [4.78, 5) is 13.3. The number of halogens is 1. The molecule has 0 aliphatic carbocycles. The van der Waals surface area contributed by atoms with Crippen molar-refractivity contribution in [3.8, 4) is 17.0 Å². The molecule has 0 radical (unpaired) electrons. The smallest absolute Gasteiger partial charge is 0.286 e. The van der Waals surface area contributed by atoms with Gasteiger partial charge in [-0.3, -0.25) is 4.79 Å². The highest BCUT2D eigenvalue weighted by molar-refractivity contribution is 6.30. The number of para-hydroxylation sites is 2. The van der Waals surface area contributed by atoms with Crippen molar-refractivity contribution in [1.82, 2.24) is 19.2 Å². The molecule has 2 aromatic heterocycles. The SMILES string of the molecule is O=c1c(-c2ccccc2)nnc2n(CCOc3ccc(Cl)cc3)c3ccccc3n12. The number of imidazole rings is 1. The average molecular weight is 417 g/mol. The van der Waals surface area contributed by atoms with Crippen molar-refractivity contribution in [1.29, 1.82) is 0 Å². The Hall–Kier alpha value is -3.64. The molecule has 3 aromatic carbocycles. The molecule has 6 nitrogen and oxygen atoms in total. The lowest BCUT2D eigenvalue weighted by atomic mass is 10.2. The number of ether oxygens (including phenoxy) is 1. The van der Waals surface area contributed by atoms with Crippen LogP contribution in [0.15, 0.2) is 83.7 Å². The topological polar surface area (TPSA) is 61.4 Å². The Balaban J connectivity index is 1.57. The largest absolute Gasteiger partial charge is 0.492 e. The summed E-state index contributed by atoms with van der Waals surface area (Å²) in [5, 5.41) is 9.31. The Labute approximate surface area is 176 Å². The zero-order valence-electron chi connectivity index (χ0n) is 15.9. The molecule has 30 heavy (non-hydrogen) atoms. The lowest BCUT2D eigenvalue weighted by Crippen LogP contribution is -2.19. The highest BCUT2D eigenvalue weighted by Gasteiger charge is 2.17. The maximum atomic E-state index is 13.3. The predicted octanol–water partition coefficient (Wildman–Crippen LogP) is 4.44. The van der Waals surface area contributed by atoms with Gasteiger partial charge in [-0.2, -0.15) is 0 Å². The third-order valence-corrected chi connectivity index (χ3v) is 5.20. The average Bonchev–Trinajstić information content (AvgIpc) is 3.10. The summed E-state index contributed by atoms with van der Waals surface area (Å²) >= 11 is 5.92. The predicted molar refractivity (Wildman–Crippen MR) is 117 cm³/mol. The molecular formula is C23H17ClN4O2.